The summed E-state index contributed by atoms with van der Waals surface area (Å²) in [6, 6.07) is 10.1. The summed E-state index contributed by atoms with van der Waals surface area (Å²) in [5.41, 5.74) is 1.88. The quantitative estimate of drug-likeness (QED) is 0.620. The number of hydrogen-bond donors (Lipinski definition) is 1. The second-order valence-electron chi connectivity index (χ2n) is 4.52. The van der Waals surface area contributed by atoms with Crippen LogP contribution in [0.15, 0.2) is 42.0 Å². The SMILES string of the molecule is COC(=O)/C(=C/C(C)C)CNCc1ccccc1. The summed E-state index contributed by atoms with van der Waals surface area (Å²) < 4.78 is 4.77. The first-order valence-corrected chi connectivity index (χ1v) is 6.17. The first-order valence-electron chi connectivity index (χ1n) is 6.17. The average Bonchev–Trinajstić information content (AvgIpc) is 2.37. The highest BCUT2D eigenvalue weighted by molar-refractivity contribution is 5.88. The van der Waals surface area contributed by atoms with Gasteiger partial charge in [-0.3, -0.25) is 0 Å². The van der Waals surface area contributed by atoms with Crippen LogP contribution in [0.2, 0.25) is 0 Å². The summed E-state index contributed by atoms with van der Waals surface area (Å²) in [5, 5.41) is 3.25. The predicted molar refractivity (Wildman–Crippen MR) is 73.1 cm³/mol. The fraction of sp³-hybridized carbons (Fsp3) is 0.400. The summed E-state index contributed by atoms with van der Waals surface area (Å²) in [7, 11) is 1.41. The highest BCUT2D eigenvalue weighted by Gasteiger charge is 2.09. The Hall–Kier alpha value is -1.61. The maximum atomic E-state index is 11.6. The number of benzene rings is 1. The lowest BCUT2D eigenvalue weighted by atomic mass is 10.1. The van der Waals surface area contributed by atoms with Crippen molar-refractivity contribution in [1.29, 1.82) is 0 Å². The van der Waals surface area contributed by atoms with Gasteiger partial charge in [-0.25, -0.2) is 4.79 Å². The molecule has 0 spiro atoms. The molecule has 0 saturated carbocycles. The molecule has 0 radical (unpaired) electrons. The van der Waals surface area contributed by atoms with Crippen molar-refractivity contribution in [3.63, 3.8) is 0 Å². The number of carbonyl (C=O) groups is 1. The third-order valence-corrected chi connectivity index (χ3v) is 2.47. The van der Waals surface area contributed by atoms with E-state index in [-0.39, 0.29) is 5.97 Å². The van der Waals surface area contributed by atoms with E-state index < -0.39 is 0 Å². The van der Waals surface area contributed by atoms with Crippen molar-refractivity contribution in [2.75, 3.05) is 13.7 Å². The van der Waals surface area contributed by atoms with Crippen molar-refractivity contribution < 1.29 is 9.53 Å². The number of carbonyl (C=O) groups excluding carboxylic acids is 1. The van der Waals surface area contributed by atoms with E-state index in [1.54, 1.807) is 0 Å². The van der Waals surface area contributed by atoms with Gasteiger partial charge < -0.3 is 10.1 Å². The molecular formula is C15H21NO2. The van der Waals surface area contributed by atoms with E-state index in [4.69, 9.17) is 4.74 Å². The van der Waals surface area contributed by atoms with Gasteiger partial charge in [0.15, 0.2) is 0 Å². The van der Waals surface area contributed by atoms with E-state index in [1.807, 2.05) is 38.1 Å². The number of esters is 1. The highest BCUT2D eigenvalue weighted by Crippen LogP contribution is 2.04. The largest absolute Gasteiger partial charge is 0.466 e. The van der Waals surface area contributed by atoms with Gasteiger partial charge in [0.1, 0.15) is 0 Å². The van der Waals surface area contributed by atoms with Gasteiger partial charge in [-0.15, -0.1) is 0 Å². The molecule has 0 saturated heterocycles. The second-order valence-corrected chi connectivity index (χ2v) is 4.52. The zero-order chi connectivity index (χ0) is 13.4. The minimum Gasteiger partial charge on any atom is -0.466 e. The third-order valence-electron chi connectivity index (χ3n) is 2.47. The number of methoxy groups -OCH3 is 1. The Morgan fingerprint density at radius 2 is 2.00 bits per heavy atom. The maximum absolute atomic E-state index is 11.6. The van der Waals surface area contributed by atoms with Crippen LogP contribution in [0, 0.1) is 5.92 Å². The van der Waals surface area contributed by atoms with E-state index in [2.05, 4.69) is 17.4 Å². The summed E-state index contributed by atoms with van der Waals surface area (Å²) in [6.07, 6.45) is 1.93. The summed E-state index contributed by atoms with van der Waals surface area (Å²) in [6.45, 7) is 5.35. The molecule has 0 aliphatic carbocycles. The summed E-state index contributed by atoms with van der Waals surface area (Å²) in [4.78, 5) is 11.6. The van der Waals surface area contributed by atoms with Crippen molar-refractivity contribution >= 4 is 5.97 Å². The Balaban J connectivity index is 2.50. The van der Waals surface area contributed by atoms with E-state index in [0.717, 1.165) is 6.54 Å². The molecule has 3 nitrogen and oxygen atoms in total. The molecule has 0 bridgehead atoms. The van der Waals surface area contributed by atoms with Gasteiger partial charge in [0, 0.05) is 18.7 Å². The van der Waals surface area contributed by atoms with Crippen molar-refractivity contribution in [3.05, 3.63) is 47.5 Å². The lowest BCUT2D eigenvalue weighted by Gasteiger charge is -2.09. The molecule has 0 unspecified atom stereocenters. The van der Waals surface area contributed by atoms with Crippen LogP contribution in [0.1, 0.15) is 19.4 Å². The van der Waals surface area contributed by atoms with E-state index in [0.29, 0.717) is 18.0 Å². The minimum atomic E-state index is -0.260. The molecule has 1 N–H and O–H groups in total. The Morgan fingerprint density at radius 1 is 1.33 bits per heavy atom. The smallest absolute Gasteiger partial charge is 0.334 e. The molecule has 0 aromatic heterocycles. The molecule has 18 heavy (non-hydrogen) atoms. The van der Waals surface area contributed by atoms with Gasteiger partial charge in [-0.1, -0.05) is 50.3 Å². The number of allylic oxidation sites excluding steroid dienone is 1. The Kier molecular flexibility index (Phi) is 6.15. The van der Waals surface area contributed by atoms with Crippen LogP contribution < -0.4 is 5.32 Å². The summed E-state index contributed by atoms with van der Waals surface area (Å²) in [5.74, 6) is 0.0712. The lowest BCUT2D eigenvalue weighted by Crippen LogP contribution is -2.22. The normalized spacial score (nSPS) is 11.7. The second kappa shape index (κ2) is 7.67. The highest BCUT2D eigenvalue weighted by atomic mass is 16.5. The third kappa shape index (κ3) is 5.15. The fourth-order valence-corrected chi connectivity index (χ4v) is 1.67. The molecule has 3 heteroatoms. The molecule has 0 aliphatic rings. The van der Waals surface area contributed by atoms with Gasteiger partial charge in [-0.2, -0.15) is 0 Å². The Morgan fingerprint density at radius 3 is 2.56 bits per heavy atom. The molecule has 0 aliphatic heterocycles. The van der Waals surface area contributed by atoms with Crippen LogP contribution in [0.5, 0.6) is 0 Å². The number of rotatable bonds is 6. The topological polar surface area (TPSA) is 38.3 Å². The fourth-order valence-electron chi connectivity index (χ4n) is 1.67. The van der Waals surface area contributed by atoms with Gasteiger partial charge in [0.25, 0.3) is 0 Å². The molecule has 1 aromatic carbocycles. The zero-order valence-electron chi connectivity index (χ0n) is 11.3. The van der Waals surface area contributed by atoms with Gasteiger partial charge in [-0.05, 0) is 11.5 Å². The predicted octanol–water partition coefficient (Wildman–Crippen LogP) is 2.53. The Bertz CT molecular complexity index is 396. The molecular weight excluding hydrogens is 226 g/mol. The monoisotopic (exact) mass is 247 g/mol. The molecule has 0 heterocycles. The van der Waals surface area contributed by atoms with E-state index >= 15 is 0 Å². The number of ether oxygens (including phenoxy) is 1. The first-order chi connectivity index (χ1) is 8.63. The minimum absolute atomic E-state index is 0.260. The summed E-state index contributed by atoms with van der Waals surface area (Å²) >= 11 is 0. The van der Waals surface area contributed by atoms with Crippen molar-refractivity contribution in [3.8, 4) is 0 Å². The molecule has 1 aromatic rings. The van der Waals surface area contributed by atoms with Gasteiger partial charge in [0.2, 0.25) is 0 Å². The van der Waals surface area contributed by atoms with Crippen molar-refractivity contribution in [2.24, 2.45) is 5.92 Å². The standard InChI is InChI=1S/C15H21NO2/c1-12(2)9-14(15(17)18-3)11-16-10-13-7-5-4-6-8-13/h4-9,12,16H,10-11H2,1-3H3/b14-9+. The van der Waals surface area contributed by atoms with Crippen molar-refractivity contribution in [1.82, 2.24) is 5.32 Å². The van der Waals surface area contributed by atoms with Crippen LogP contribution >= 0.6 is 0 Å². The van der Waals surface area contributed by atoms with Gasteiger partial charge >= 0.3 is 5.97 Å². The van der Waals surface area contributed by atoms with Crippen LogP contribution in [0.4, 0.5) is 0 Å². The molecule has 0 atom stereocenters. The van der Waals surface area contributed by atoms with Crippen molar-refractivity contribution in [2.45, 2.75) is 20.4 Å². The molecule has 98 valence electrons. The van der Waals surface area contributed by atoms with Crippen LogP contribution in [0.3, 0.4) is 0 Å². The average molecular weight is 247 g/mol. The van der Waals surface area contributed by atoms with Crippen LogP contribution in [-0.4, -0.2) is 19.6 Å². The van der Waals surface area contributed by atoms with E-state index in [9.17, 15) is 4.79 Å². The van der Waals surface area contributed by atoms with Gasteiger partial charge in [0.05, 0.1) is 7.11 Å². The lowest BCUT2D eigenvalue weighted by molar-refractivity contribution is -0.136. The zero-order valence-corrected chi connectivity index (χ0v) is 11.3. The van der Waals surface area contributed by atoms with Crippen LogP contribution in [0.25, 0.3) is 0 Å². The number of nitrogens with one attached hydrogen (secondary N) is 1. The molecule has 0 amide bonds. The first kappa shape index (κ1) is 14.5. The Labute approximate surface area is 109 Å². The van der Waals surface area contributed by atoms with Crippen LogP contribution in [-0.2, 0) is 16.1 Å². The number of hydrogen-bond acceptors (Lipinski definition) is 3. The van der Waals surface area contributed by atoms with E-state index in [1.165, 1.54) is 12.7 Å². The molecule has 0 fully saturated rings. The maximum Gasteiger partial charge on any atom is 0.334 e. The molecule has 1 rings (SSSR count).